The highest BCUT2D eigenvalue weighted by Gasteiger charge is 2.43. The van der Waals surface area contributed by atoms with E-state index in [0.29, 0.717) is 5.56 Å². The second-order valence-corrected chi connectivity index (χ2v) is 8.19. The number of esters is 4. The molecule has 0 N–H and O–H groups in total. The van der Waals surface area contributed by atoms with Crippen LogP contribution in [0.2, 0.25) is 0 Å². The standard InChI is InChI=1S/C24H20O6/c25-20-15-10-9-14(13-17(15)22(27)29-20)24(11-4-2-1-3-5-12-24)18-8-6-7-16-19(18)23(28)30-21(16)26/h6-10,13H,1-5,11-12H2. The molecule has 5 rings (SSSR count). The zero-order valence-electron chi connectivity index (χ0n) is 16.4. The van der Waals surface area contributed by atoms with Gasteiger partial charge in [0.2, 0.25) is 0 Å². The van der Waals surface area contributed by atoms with Crippen molar-refractivity contribution in [3.05, 3.63) is 69.8 Å². The average molecular weight is 404 g/mol. The number of rotatable bonds is 2. The molecule has 6 heteroatoms. The zero-order valence-corrected chi connectivity index (χ0v) is 16.4. The Hall–Kier alpha value is -3.28. The molecule has 0 atom stereocenters. The van der Waals surface area contributed by atoms with Crippen molar-refractivity contribution in [1.29, 1.82) is 0 Å². The van der Waals surface area contributed by atoms with Gasteiger partial charge in [0.15, 0.2) is 0 Å². The summed E-state index contributed by atoms with van der Waals surface area (Å²) in [6, 6.07) is 10.5. The van der Waals surface area contributed by atoms with E-state index in [1.165, 1.54) is 0 Å². The lowest BCUT2D eigenvalue weighted by atomic mass is 9.65. The van der Waals surface area contributed by atoms with Crippen LogP contribution in [0.3, 0.4) is 0 Å². The summed E-state index contributed by atoms with van der Waals surface area (Å²) < 4.78 is 9.67. The van der Waals surface area contributed by atoms with E-state index in [1.807, 2.05) is 12.1 Å². The first-order valence-corrected chi connectivity index (χ1v) is 10.3. The molecule has 152 valence electrons. The summed E-state index contributed by atoms with van der Waals surface area (Å²) in [5, 5.41) is 0. The second kappa shape index (κ2) is 6.90. The fourth-order valence-electron chi connectivity index (χ4n) is 5.14. The minimum Gasteiger partial charge on any atom is -0.386 e. The van der Waals surface area contributed by atoms with Crippen molar-refractivity contribution in [2.45, 2.75) is 50.4 Å². The number of cyclic esters (lactones) is 4. The van der Waals surface area contributed by atoms with Crippen LogP contribution >= 0.6 is 0 Å². The monoisotopic (exact) mass is 404 g/mol. The highest BCUT2D eigenvalue weighted by atomic mass is 16.6. The van der Waals surface area contributed by atoms with E-state index >= 15 is 0 Å². The topological polar surface area (TPSA) is 86.7 Å². The Labute approximate surface area is 173 Å². The molecule has 2 heterocycles. The first kappa shape index (κ1) is 18.7. The van der Waals surface area contributed by atoms with Gasteiger partial charge in [0.1, 0.15) is 0 Å². The molecular formula is C24H20O6. The van der Waals surface area contributed by atoms with E-state index in [0.717, 1.165) is 56.1 Å². The molecule has 2 aromatic carbocycles. The van der Waals surface area contributed by atoms with Crippen LogP contribution in [-0.4, -0.2) is 23.9 Å². The predicted molar refractivity (Wildman–Crippen MR) is 105 cm³/mol. The zero-order chi connectivity index (χ0) is 20.9. The van der Waals surface area contributed by atoms with Gasteiger partial charge >= 0.3 is 23.9 Å². The minimum atomic E-state index is -0.647. The Balaban J connectivity index is 1.74. The molecule has 30 heavy (non-hydrogen) atoms. The maximum absolute atomic E-state index is 12.6. The van der Waals surface area contributed by atoms with Gasteiger partial charge in [-0.2, -0.15) is 0 Å². The molecule has 0 saturated heterocycles. The molecule has 0 unspecified atom stereocenters. The Morgan fingerprint density at radius 1 is 0.633 bits per heavy atom. The maximum atomic E-state index is 12.6. The van der Waals surface area contributed by atoms with E-state index in [4.69, 9.17) is 9.47 Å². The van der Waals surface area contributed by atoms with Crippen molar-refractivity contribution in [3.63, 3.8) is 0 Å². The molecule has 0 spiro atoms. The molecule has 0 aromatic heterocycles. The first-order chi connectivity index (χ1) is 14.5. The summed E-state index contributed by atoms with van der Waals surface area (Å²) in [5.74, 6) is -2.53. The molecule has 1 fully saturated rings. The van der Waals surface area contributed by atoms with Gasteiger partial charge in [-0.3, -0.25) is 0 Å². The highest BCUT2D eigenvalue weighted by Crippen LogP contribution is 2.47. The van der Waals surface area contributed by atoms with Gasteiger partial charge in [-0.15, -0.1) is 0 Å². The van der Waals surface area contributed by atoms with Crippen LogP contribution in [0.5, 0.6) is 0 Å². The van der Waals surface area contributed by atoms with E-state index in [9.17, 15) is 19.2 Å². The van der Waals surface area contributed by atoms with Crippen molar-refractivity contribution < 1.29 is 28.7 Å². The summed E-state index contributed by atoms with van der Waals surface area (Å²) in [6.07, 6.45) is 6.76. The van der Waals surface area contributed by atoms with E-state index in [2.05, 4.69) is 0 Å². The summed E-state index contributed by atoms with van der Waals surface area (Å²) >= 11 is 0. The number of carbonyl (C=O) groups is 4. The molecular weight excluding hydrogens is 384 g/mol. The van der Waals surface area contributed by atoms with Crippen LogP contribution in [0, 0.1) is 0 Å². The van der Waals surface area contributed by atoms with Crippen molar-refractivity contribution in [1.82, 2.24) is 0 Å². The van der Waals surface area contributed by atoms with Crippen LogP contribution in [0.15, 0.2) is 36.4 Å². The summed E-state index contributed by atoms with van der Waals surface area (Å²) in [4.78, 5) is 48.9. The molecule has 0 bridgehead atoms. The third-order valence-corrected chi connectivity index (χ3v) is 6.59. The fourth-order valence-corrected chi connectivity index (χ4v) is 5.14. The van der Waals surface area contributed by atoms with Gasteiger partial charge in [0.25, 0.3) is 0 Å². The first-order valence-electron chi connectivity index (χ1n) is 10.3. The van der Waals surface area contributed by atoms with Gasteiger partial charge in [0, 0.05) is 5.41 Å². The van der Waals surface area contributed by atoms with Crippen LogP contribution in [0.25, 0.3) is 0 Å². The third-order valence-electron chi connectivity index (χ3n) is 6.59. The Morgan fingerprint density at radius 3 is 2.03 bits per heavy atom. The Kier molecular flexibility index (Phi) is 4.31. The second-order valence-electron chi connectivity index (χ2n) is 8.19. The Morgan fingerprint density at radius 2 is 1.27 bits per heavy atom. The maximum Gasteiger partial charge on any atom is 0.347 e. The highest BCUT2D eigenvalue weighted by molar-refractivity contribution is 6.16. The summed E-state index contributed by atoms with van der Waals surface area (Å²) in [7, 11) is 0. The van der Waals surface area contributed by atoms with Crippen LogP contribution in [0.1, 0.15) is 97.5 Å². The number of hydrogen-bond acceptors (Lipinski definition) is 6. The normalized spacial score (nSPS) is 20.1. The largest absolute Gasteiger partial charge is 0.386 e. The lowest BCUT2D eigenvalue weighted by molar-refractivity contribution is 0.0425. The van der Waals surface area contributed by atoms with Crippen LogP contribution in [0.4, 0.5) is 0 Å². The van der Waals surface area contributed by atoms with Gasteiger partial charge in [-0.1, -0.05) is 50.3 Å². The van der Waals surface area contributed by atoms with Crippen molar-refractivity contribution >= 4 is 23.9 Å². The van der Waals surface area contributed by atoms with Gasteiger partial charge < -0.3 is 9.47 Å². The molecule has 0 amide bonds. The quantitative estimate of drug-likeness (QED) is 0.547. The van der Waals surface area contributed by atoms with E-state index in [1.54, 1.807) is 24.3 Å². The summed E-state index contributed by atoms with van der Waals surface area (Å²) in [6.45, 7) is 0. The number of hydrogen-bond donors (Lipinski definition) is 0. The van der Waals surface area contributed by atoms with Gasteiger partial charge in [-0.25, -0.2) is 19.2 Å². The smallest absolute Gasteiger partial charge is 0.347 e. The molecule has 2 aromatic rings. The van der Waals surface area contributed by atoms with Crippen LogP contribution in [-0.2, 0) is 14.9 Å². The molecule has 1 saturated carbocycles. The predicted octanol–water partition coefficient (Wildman–Crippen LogP) is 4.34. The Bertz CT molecular complexity index is 1100. The van der Waals surface area contributed by atoms with Crippen molar-refractivity contribution in [2.24, 2.45) is 0 Å². The SMILES string of the molecule is O=C1OC(=O)c2cc(C3(c4cccc5c4C(=O)OC5=O)CCCCCCC3)ccc21. The molecule has 6 nitrogen and oxygen atoms in total. The third kappa shape index (κ3) is 2.70. The summed E-state index contributed by atoms with van der Waals surface area (Å²) in [5.41, 5.74) is 2.18. The number of benzene rings is 2. The van der Waals surface area contributed by atoms with Crippen molar-refractivity contribution in [2.75, 3.05) is 0 Å². The number of carbonyl (C=O) groups excluding carboxylic acids is 4. The molecule has 2 aliphatic heterocycles. The molecule has 3 aliphatic rings. The minimum absolute atomic E-state index is 0.255. The fraction of sp³-hybridized carbons (Fsp3) is 0.333. The van der Waals surface area contributed by atoms with Gasteiger partial charge in [0.05, 0.1) is 22.3 Å². The van der Waals surface area contributed by atoms with E-state index in [-0.39, 0.29) is 16.7 Å². The van der Waals surface area contributed by atoms with Gasteiger partial charge in [-0.05, 0) is 42.2 Å². The van der Waals surface area contributed by atoms with E-state index < -0.39 is 29.3 Å². The average Bonchev–Trinajstić information content (AvgIpc) is 3.17. The lowest BCUT2D eigenvalue weighted by Gasteiger charge is -2.38. The van der Waals surface area contributed by atoms with Crippen molar-refractivity contribution in [3.8, 4) is 0 Å². The molecule has 0 radical (unpaired) electrons. The lowest BCUT2D eigenvalue weighted by Crippen LogP contribution is -2.31. The number of fused-ring (bicyclic) bond motifs is 2. The number of ether oxygens (including phenoxy) is 2. The van der Waals surface area contributed by atoms with Crippen LogP contribution < -0.4 is 0 Å². The molecule has 1 aliphatic carbocycles.